The summed E-state index contributed by atoms with van der Waals surface area (Å²) in [7, 11) is 0. The van der Waals surface area contributed by atoms with Crippen molar-refractivity contribution >= 4 is 5.57 Å². The van der Waals surface area contributed by atoms with Crippen LogP contribution in [0.25, 0.3) is 5.57 Å². The lowest BCUT2D eigenvalue weighted by molar-refractivity contribution is 0.340. The number of aromatic nitrogens is 4. The minimum absolute atomic E-state index is 0.454. The van der Waals surface area contributed by atoms with Crippen molar-refractivity contribution in [2.75, 3.05) is 19.6 Å². The van der Waals surface area contributed by atoms with Crippen molar-refractivity contribution in [3.63, 3.8) is 0 Å². The largest absolute Gasteiger partial charge is 0.286 e. The maximum absolute atomic E-state index is 8.57. The zero-order chi connectivity index (χ0) is 9.80. The van der Waals surface area contributed by atoms with Gasteiger partial charge in [0.05, 0.1) is 12.6 Å². The quantitative estimate of drug-likeness (QED) is 0.654. The topological polar surface area (TPSA) is 81.5 Å². The van der Waals surface area contributed by atoms with Crippen molar-refractivity contribution in [1.29, 1.82) is 5.26 Å². The molecule has 0 radical (unpaired) electrons. The summed E-state index contributed by atoms with van der Waals surface area (Å²) in [6.07, 6.45) is 3.03. The summed E-state index contributed by atoms with van der Waals surface area (Å²) in [5, 5.41) is 22.3. The van der Waals surface area contributed by atoms with Gasteiger partial charge >= 0.3 is 0 Å². The Bertz CT molecular complexity index is 360. The highest BCUT2D eigenvalue weighted by Crippen LogP contribution is 2.15. The third-order valence-electron chi connectivity index (χ3n) is 2.16. The molecule has 6 heteroatoms. The summed E-state index contributed by atoms with van der Waals surface area (Å²) in [5.74, 6) is 0.632. The van der Waals surface area contributed by atoms with E-state index in [1.807, 2.05) is 0 Å². The van der Waals surface area contributed by atoms with Crippen LogP contribution in [0.5, 0.6) is 0 Å². The van der Waals surface area contributed by atoms with Crippen LogP contribution in [0.4, 0.5) is 0 Å². The Morgan fingerprint density at radius 1 is 1.64 bits per heavy atom. The first-order valence-corrected chi connectivity index (χ1v) is 4.42. The van der Waals surface area contributed by atoms with Crippen molar-refractivity contribution in [2.24, 2.45) is 0 Å². The predicted molar refractivity (Wildman–Crippen MR) is 48.8 cm³/mol. The van der Waals surface area contributed by atoms with Crippen LogP contribution in [0, 0.1) is 11.3 Å². The lowest BCUT2D eigenvalue weighted by Crippen LogP contribution is -2.30. The van der Waals surface area contributed by atoms with Gasteiger partial charge in [0.15, 0.2) is 0 Å². The molecule has 0 aromatic carbocycles. The van der Waals surface area contributed by atoms with Gasteiger partial charge in [-0.2, -0.15) is 10.5 Å². The molecular formula is C8H10N6. The molecule has 1 aromatic heterocycles. The highest BCUT2D eigenvalue weighted by molar-refractivity contribution is 5.61. The van der Waals surface area contributed by atoms with Gasteiger partial charge in [-0.1, -0.05) is 6.08 Å². The molecule has 0 saturated carbocycles. The number of hydrogen-bond donors (Lipinski definition) is 1. The van der Waals surface area contributed by atoms with E-state index >= 15 is 0 Å². The van der Waals surface area contributed by atoms with Crippen LogP contribution in [0.1, 0.15) is 12.2 Å². The van der Waals surface area contributed by atoms with Gasteiger partial charge in [0.25, 0.3) is 0 Å². The van der Waals surface area contributed by atoms with E-state index < -0.39 is 0 Å². The van der Waals surface area contributed by atoms with Crippen LogP contribution < -0.4 is 0 Å². The van der Waals surface area contributed by atoms with E-state index in [4.69, 9.17) is 5.26 Å². The minimum Gasteiger partial charge on any atom is -0.286 e. The van der Waals surface area contributed by atoms with E-state index in [0.29, 0.717) is 12.4 Å². The number of H-pyrrole nitrogens is 1. The third kappa shape index (κ3) is 1.78. The van der Waals surface area contributed by atoms with E-state index in [9.17, 15) is 0 Å². The zero-order valence-corrected chi connectivity index (χ0v) is 7.64. The Morgan fingerprint density at radius 3 is 3.29 bits per heavy atom. The Balaban J connectivity index is 2.08. The van der Waals surface area contributed by atoms with Crippen LogP contribution in [-0.4, -0.2) is 45.2 Å². The van der Waals surface area contributed by atoms with Crippen molar-refractivity contribution in [1.82, 2.24) is 25.5 Å². The molecule has 0 amide bonds. The number of aromatic amines is 1. The maximum atomic E-state index is 8.57. The minimum atomic E-state index is 0.454. The highest BCUT2D eigenvalue weighted by Gasteiger charge is 2.15. The summed E-state index contributed by atoms with van der Waals surface area (Å²) in [5.41, 5.74) is 1.04. The molecule has 0 saturated heterocycles. The first-order chi connectivity index (χ1) is 6.90. The van der Waals surface area contributed by atoms with Gasteiger partial charge in [-0.15, -0.1) is 10.2 Å². The standard InChI is InChI=1S/C8H10N6/c9-3-5-14-4-1-2-7(6-14)8-10-12-13-11-8/h2H,1,4-6H2,(H,10,11,12,13). The first kappa shape index (κ1) is 8.84. The van der Waals surface area contributed by atoms with Crippen LogP contribution in [0.15, 0.2) is 6.08 Å². The summed E-state index contributed by atoms with van der Waals surface area (Å²) in [4.78, 5) is 2.06. The van der Waals surface area contributed by atoms with E-state index in [2.05, 4.69) is 37.7 Å². The molecule has 14 heavy (non-hydrogen) atoms. The van der Waals surface area contributed by atoms with Gasteiger partial charge in [-0.25, -0.2) is 0 Å². The molecule has 0 bridgehead atoms. The Labute approximate surface area is 81.2 Å². The number of tetrazole rings is 1. The molecule has 6 nitrogen and oxygen atoms in total. The summed E-state index contributed by atoms with van der Waals surface area (Å²) in [6, 6.07) is 2.14. The fourth-order valence-corrected chi connectivity index (χ4v) is 1.50. The van der Waals surface area contributed by atoms with E-state index in [0.717, 1.165) is 25.1 Å². The van der Waals surface area contributed by atoms with Gasteiger partial charge in [-0.3, -0.25) is 4.90 Å². The first-order valence-electron chi connectivity index (χ1n) is 4.42. The van der Waals surface area contributed by atoms with Crippen LogP contribution in [0.2, 0.25) is 0 Å². The smallest absolute Gasteiger partial charge is 0.201 e. The molecule has 0 atom stereocenters. The average Bonchev–Trinajstić information content (AvgIpc) is 2.71. The van der Waals surface area contributed by atoms with Crippen LogP contribution >= 0.6 is 0 Å². The van der Waals surface area contributed by atoms with Gasteiger partial charge in [0.1, 0.15) is 0 Å². The molecule has 0 aliphatic carbocycles. The van der Waals surface area contributed by atoms with Gasteiger partial charge in [0, 0.05) is 18.7 Å². The normalized spacial score (nSPS) is 17.5. The Morgan fingerprint density at radius 2 is 2.57 bits per heavy atom. The van der Waals surface area contributed by atoms with Crippen LogP contribution in [-0.2, 0) is 0 Å². The fourth-order valence-electron chi connectivity index (χ4n) is 1.50. The van der Waals surface area contributed by atoms with Crippen molar-refractivity contribution in [3.05, 3.63) is 11.9 Å². The molecule has 0 spiro atoms. The van der Waals surface area contributed by atoms with Crippen LogP contribution in [0.3, 0.4) is 0 Å². The van der Waals surface area contributed by atoms with Gasteiger partial charge < -0.3 is 0 Å². The van der Waals surface area contributed by atoms with Gasteiger partial charge in [-0.05, 0) is 11.6 Å². The Kier molecular flexibility index (Phi) is 2.51. The molecular weight excluding hydrogens is 180 g/mol. The zero-order valence-electron chi connectivity index (χ0n) is 7.64. The lowest BCUT2D eigenvalue weighted by atomic mass is 10.1. The molecule has 1 aromatic rings. The van der Waals surface area contributed by atoms with E-state index in [-0.39, 0.29) is 0 Å². The number of nitrogens with one attached hydrogen (secondary N) is 1. The Hall–Kier alpha value is -1.74. The van der Waals surface area contributed by atoms with E-state index in [1.54, 1.807) is 0 Å². The molecule has 2 heterocycles. The number of rotatable bonds is 2. The highest BCUT2D eigenvalue weighted by atomic mass is 15.5. The lowest BCUT2D eigenvalue weighted by Gasteiger charge is -2.22. The predicted octanol–water partition coefficient (Wildman–Crippen LogP) is -0.188. The van der Waals surface area contributed by atoms with Crippen molar-refractivity contribution in [2.45, 2.75) is 6.42 Å². The molecule has 72 valence electrons. The average molecular weight is 190 g/mol. The molecule has 1 N–H and O–H groups in total. The number of nitriles is 1. The molecule has 2 rings (SSSR count). The second kappa shape index (κ2) is 3.98. The molecule has 0 unspecified atom stereocenters. The molecule has 0 fully saturated rings. The number of hydrogen-bond acceptors (Lipinski definition) is 5. The SMILES string of the molecule is N#CCN1CCC=C(c2nn[nH]n2)C1. The third-order valence-corrected chi connectivity index (χ3v) is 2.16. The summed E-state index contributed by atoms with van der Waals surface area (Å²) >= 11 is 0. The van der Waals surface area contributed by atoms with Gasteiger partial charge in [0.2, 0.25) is 5.82 Å². The van der Waals surface area contributed by atoms with E-state index in [1.165, 1.54) is 0 Å². The molecule has 1 aliphatic rings. The summed E-state index contributed by atoms with van der Waals surface area (Å²) in [6.45, 7) is 2.11. The van der Waals surface area contributed by atoms with Crippen molar-refractivity contribution in [3.8, 4) is 6.07 Å². The second-order valence-corrected chi connectivity index (χ2v) is 3.12. The maximum Gasteiger partial charge on any atom is 0.201 e. The fraction of sp³-hybridized carbons (Fsp3) is 0.500. The number of nitrogens with zero attached hydrogens (tertiary/aromatic N) is 5. The van der Waals surface area contributed by atoms with Crippen molar-refractivity contribution < 1.29 is 0 Å². The summed E-state index contributed by atoms with van der Waals surface area (Å²) < 4.78 is 0. The monoisotopic (exact) mass is 190 g/mol. The second-order valence-electron chi connectivity index (χ2n) is 3.12. The molecule has 1 aliphatic heterocycles.